The van der Waals surface area contributed by atoms with Crippen LogP contribution in [0.15, 0.2) is 10.2 Å². The molecule has 0 N–H and O–H groups in total. The Hall–Kier alpha value is -2.52. The third kappa shape index (κ3) is 3.77. The van der Waals surface area contributed by atoms with E-state index in [2.05, 4.69) is 20.1 Å². The van der Waals surface area contributed by atoms with Crippen molar-refractivity contribution in [1.82, 2.24) is 0 Å². The van der Waals surface area contributed by atoms with Crippen LogP contribution in [0, 0.1) is 0 Å². The molecule has 0 aromatic heterocycles. The minimum atomic E-state index is -0.695. The molecule has 0 saturated carbocycles. The molecule has 0 spiro atoms. The Labute approximate surface area is 123 Å². The fourth-order valence-corrected chi connectivity index (χ4v) is 2.22. The SMILES string of the molecule is [N-]=[N+]=NCC(=O)OC1COC2C(OC(=O)CN=[N+]=[N-])COC12. The second-order valence-corrected chi connectivity index (χ2v) is 4.43. The van der Waals surface area contributed by atoms with E-state index >= 15 is 0 Å². The summed E-state index contributed by atoms with van der Waals surface area (Å²) in [5.74, 6) is -1.39. The van der Waals surface area contributed by atoms with Gasteiger partial charge in [0.15, 0.2) is 12.2 Å². The van der Waals surface area contributed by atoms with E-state index in [0.29, 0.717) is 0 Å². The molecule has 2 saturated heterocycles. The largest absolute Gasteiger partial charge is 0.457 e. The number of nitrogens with zero attached hydrogens (tertiary/aromatic N) is 6. The van der Waals surface area contributed by atoms with Gasteiger partial charge in [-0.3, -0.25) is 9.59 Å². The molecule has 2 fully saturated rings. The summed E-state index contributed by atoms with van der Waals surface area (Å²) in [5.41, 5.74) is 16.3. The number of hydrogen-bond acceptors (Lipinski definition) is 8. The van der Waals surface area contributed by atoms with E-state index in [1.807, 2.05) is 0 Å². The first kappa shape index (κ1) is 15.9. The van der Waals surface area contributed by atoms with Crippen LogP contribution in [0.1, 0.15) is 0 Å². The van der Waals surface area contributed by atoms with Crippen molar-refractivity contribution in [3.63, 3.8) is 0 Å². The summed E-state index contributed by atoms with van der Waals surface area (Å²) in [7, 11) is 0. The van der Waals surface area contributed by atoms with E-state index in [-0.39, 0.29) is 13.2 Å². The number of carbonyl (C=O) groups excluding carboxylic acids is 2. The number of esters is 2. The topological polar surface area (TPSA) is 169 Å². The van der Waals surface area contributed by atoms with Crippen LogP contribution in [0.4, 0.5) is 0 Å². The fourth-order valence-electron chi connectivity index (χ4n) is 2.22. The average Bonchev–Trinajstić information content (AvgIpc) is 3.07. The molecule has 0 radical (unpaired) electrons. The Balaban J connectivity index is 1.85. The monoisotopic (exact) mass is 312 g/mol. The number of fused-ring (bicyclic) bond motifs is 1. The van der Waals surface area contributed by atoms with Crippen LogP contribution in [-0.4, -0.2) is 62.7 Å². The maximum absolute atomic E-state index is 11.4. The summed E-state index contributed by atoms with van der Waals surface area (Å²) in [6, 6.07) is 0. The van der Waals surface area contributed by atoms with Gasteiger partial charge >= 0.3 is 11.9 Å². The minimum Gasteiger partial charge on any atom is -0.457 e. The Morgan fingerprint density at radius 2 is 1.36 bits per heavy atom. The molecule has 118 valence electrons. The summed E-state index contributed by atoms with van der Waals surface area (Å²) in [6.45, 7) is -0.673. The van der Waals surface area contributed by atoms with E-state index in [9.17, 15) is 9.59 Å². The van der Waals surface area contributed by atoms with Gasteiger partial charge in [-0.2, -0.15) is 0 Å². The summed E-state index contributed by atoms with van der Waals surface area (Å²) in [6.07, 6.45) is -2.45. The maximum atomic E-state index is 11.4. The van der Waals surface area contributed by atoms with Crippen LogP contribution in [0.3, 0.4) is 0 Å². The minimum absolute atomic E-state index is 0.0851. The average molecular weight is 312 g/mol. The number of azide groups is 2. The predicted octanol–water partition coefficient (Wildman–Crippen LogP) is 0.228. The summed E-state index contributed by atoms with van der Waals surface area (Å²) >= 11 is 0. The lowest BCUT2D eigenvalue weighted by molar-refractivity contribution is -0.153. The molecule has 12 heteroatoms. The zero-order valence-corrected chi connectivity index (χ0v) is 11.3. The third-order valence-electron chi connectivity index (χ3n) is 3.05. The lowest BCUT2D eigenvalue weighted by atomic mass is 10.1. The van der Waals surface area contributed by atoms with Gasteiger partial charge in [-0.15, -0.1) is 0 Å². The zero-order valence-electron chi connectivity index (χ0n) is 11.3. The van der Waals surface area contributed by atoms with Gasteiger partial charge in [0, 0.05) is 9.82 Å². The van der Waals surface area contributed by atoms with Crippen molar-refractivity contribution in [2.45, 2.75) is 24.4 Å². The maximum Gasteiger partial charge on any atom is 0.312 e. The van der Waals surface area contributed by atoms with Crippen LogP contribution in [-0.2, 0) is 28.5 Å². The smallest absolute Gasteiger partial charge is 0.312 e. The molecule has 0 aromatic rings. The summed E-state index contributed by atoms with van der Waals surface area (Å²) in [5, 5.41) is 6.19. The van der Waals surface area contributed by atoms with E-state index in [1.165, 1.54) is 0 Å². The van der Waals surface area contributed by atoms with Gasteiger partial charge in [-0.1, -0.05) is 10.2 Å². The number of carbonyl (C=O) groups is 2. The number of rotatable bonds is 6. The van der Waals surface area contributed by atoms with E-state index in [4.69, 9.17) is 30.0 Å². The molecule has 0 bridgehead atoms. The van der Waals surface area contributed by atoms with Gasteiger partial charge < -0.3 is 18.9 Å². The van der Waals surface area contributed by atoms with E-state index in [0.717, 1.165) is 0 Å². The first-order valence-electron chi connectivity index (χ1n) is 6.29. The van der Waals surface area contributed by atoms with Gasteiger partial charge in [0.2, 0.25) is 0 Å². The molecular formula is C10H12N6O6. The van der Waals surface area contributed by atoms with E-state index in [1.54, 1.807) is 0 Å². The highest BCUT2D eigenvalue weighted by molar-refractivity contribution is 5.72. The van der Waals surface area contributed by atoms with Gasteiger partial charge in [0.1, 0.15) is 25.3 Å². The molecule has 2 aliphatic heterocycles. The van der Waals surface area contributed by atoms with Crippen molar-refractivity contribution in [3.05, 3.63) is 20.9 Å². The molecule has 0 aliphatic carbocycles. The van der Waals surface area contributed by atoms with Crippen molar-refractivity contribution in [1.29, 1.82) is 0 Å². The van der Waals surface area contributed by atoms with Crippen LogP contribution in [0.25, 0.3) is 20.9 Å². The molecule has 4 unspecified atom stereocenters. The molecule has 2 heterocycles. The van der Waals surface area contributed by atoms with Gasteiger partial charge in [-0.25, -0.2) is 0 Å². The second-order valence-electron chi connectivity index (χ2n) is 4.43. The van der Waals surface area contributed by atoms with Crippen molar-refractivity contribution in [3.8, 4) is 0 Å². The molecule has 0 aromatic carbocycles. The molecule has 2 rings (SSSR count). The van der Waals surface area contributed by atoms with Gasteiger partial charge in [-0.05, 0) is 11.1 Å². The Morgan fingerprint density at radius 3 is 1.73 bits per heavy atom. The number of ether oxygens (including phenoxy) is 4. The Morgan fingerprint density at radius 1 is 0.955 bits per heavy atom. The standard InChI is InChI=1S/C10H12N6O6/c11-15-13-1-7(17)21-5-3-19-10-6(4-20-9(5)10)22-8(18)2-14-16-12/h5-6,9-10H,1-4H2. The highest BCUT2D eigenvalue weighted by atomic mass is 16.7. The highest BCUT2D eigenvalue weighted by Gasteiger charge is 2.51. The second kappa shape index (κ2) is 7.48. The Kier molecular flexibility index (Phi) is 5.39. The number of hydrogen-bond donors (Lipinski definition) is 0. The normalized spacial score (nSPS) is 28.9. The first-order chi connectivity index (χ1) is 10.7. The first-order valence-corrected chi connectivity index (χ1v) is 6.29. The lowest BCUT2D eigenvalue weighted by Crippen LogP contribution is -2.36. The predicted molar refractivity (Wildman–Crippen MR) is 67.3 cm³/mol. The Bertz CT molecular complexity index is 494. The quantitative estimate of drug-likeness (QED) is 0.294. The van der Waals surface area contributed by atoms with Crippen LogP contribution >= 0.6 is 0 Å². The van der Waals surface area contributed by atoms with Crippen molar-refractivity contribution in [2.24, 2.45) is 10.2 Å². The lowest BCUT2D eigenvalue weighted by Gasteiger charge is -2.16. The van der Waals surface area contributed by atoms with Crippen molar-refractivity contribution in [2.75, 3.05) is 26.3 Å². The third-order valence-corrected chi connectivity index (χ3v) is 3.05. The van der Waals surface area contributed by atoms with Crippen LogP contribution in [0.5, 0.6) is 0 Å². The summed E-state index contributed by atoms with van der Waals surface area (Å²) < 4.78 is 21.0. The van der Waals surface area contributed by atoms with Gasteiger partial charge in [0.05, 0.1) is 13.2 Å². The molecule has 2 aliphatic rings. The molecule has 0 amide bonds. The van der Waals surface area contributed by atoms with Crippen LogP contribution < -0.4 is 0 Å². The molecular weight excluding hydrogens is 300 g/mol. The zero-order chi connectivity index (χ0) is 15.9. The van der Waals surface area contributed by atoms with Crippen molar-refractivity contribution >= 4 is 11.9 Å². The fraction of sp³-hybridized carbons (Fsp3) is 0.800. The van der Waals surface area contributed by atoms with E-state index < -0.39 is 49.4 Å². The molecule has 4 atom stereocenters. The van der Waals surface area contributed by atoms with Gasteiger partial charge in [0.25, 0.3) is 0 Å². The highest BCUT2D eigenvalue weighted by Crippen LogP contribution is 2.30. The molecule has 12 nitrogen and oxygen atoms in total. The van der Waals surface area contributed by atoms with Crippen LogP contribution in [0.2, 0.25) is 0 Å². The van der Waals surface area contributed by atoms with Crippen molar-refractivity contribution < 1.29 is 28.5 Å². The molecule has 22 heavy (non-hydrogen) atoms. The summed E-state index contributed by atoms with van der Waals surface area (Å²) in [4.78, 5) is 27.7.